The van der Waals surface area contributed by atoms with Crippen molar-refractivity contribution in [2.24, 2.45) is 0 Å². The van der Waals surface area contributed by atoms with E-state index in [1.807, 2.05) is 0 Å². The highest BCUT2D eigenvalue weighted by Crippen LogP contribution is 2.24. The van der Waals surface area contributed by atoms with E-state index >= 15 is 0 Å². The van der Waals surface area contributed by atoms with Crippen molar-refractivity contribution in [2.45, 2.75) is 36.6 Å². The zero-order valence-electron chi connectivity index (χ0n) is 8.07. The van der Waals surface area contributed by atoms with Gasteiger partial charge in [0.15, 0.2) is 0 Å². The molecule has 6 heteroatoms. The molecule has 1 aliphatic rings. The van der Waals surface area contributed by atoms with Crippen LogP contribution in [0, 0.1) is 0 Å². The Hall–Kier alpha value is -0.240. The molecule has 0 bridgehead atoms. The molecule has 1 rings (SSSR count). The third-order valence-electron chi connectivity index (χ3n) is 2.59. The predicted octanol–water partition coefficient (Wildman–Crippen LogP) is -2.53. The van der Waals surface area contributed by atoms with Crippen LogP contribution in [-0.4, -0.2) is 71.3 Å². The number of aliphatic hydroxyl groups excluding tert-OH is 4. The first-order valence-electron chi connectivity index (χ1n) is 4.32. The van der Waals surface area contributed by atoms with E-state index in [2.05, 4.69) is 0 Å². The number of hydrogen-bond donors (Lipinski definition) is 4. The van der Waals surface area contributed by atoms with Gasteiger partial charge in [-0.3, -0.25) is 0 Å². The molecule has 84 valence electrons. The molecule has 0 amide bonds. The molecule has 0 aromatic rings. The molecule has 0 spiro atoms. The Balaban J connectivity index is 2.81. The van der Waals surface area contributed by atoms with E-state index in [1.54, 1.807) is 0 Å². The van der Waals surface area contributed by atoms with E-state index in [4.69, 9.17) is 9.47 Å². The van der Waals surface area contributed by atoms with Gasteiger partial charge in [-0.05, 0) is 0 Å². The smallest absolute Gasteiger partial charge is 0.114 e. The first-order valence-corrected chi connectivity index (χ1v) is 4.32. The van der Waals surface area contributed by atoms with Gasteiger partial charge in [-0.1, -0.05) is 0 Å². The zero-order valence-corrected chi connectivity index (χ0v) is 8.07. The van der Waals surface area contributed by atoms with Crippen molar-refractivity contribution in [2.75, 3.05) is 14.2 Å². The molecule has 14 heavy (non-hydrogen) atoms. The van der Waals surface area contributed by atoms with E-state index in [9.17, 15) is 20.4 Å². The molecule has 6 nitrogen and oxygen atoms in total. The second-order valence-electron chi connectivity index (χ2n) is 3.36. The number of methoxy groups -OCH3 is 2. The summed E-state index contributed by atoms with van der Waals surface area (Å²) in [6, 6.07) is 0. The fourth-order valence-corrected chi connectivity index (χ4v) is 1.74. The number of aliphatic hydroxyl groups is 4. The van der Waals surface area contributed by atoms with Crippen LogP contribution < -0.4 is 0 Å². The monoisotopic (exact) mass is 208 g/mol. The standard InChI is InChI=1S/C8H16O6/c1-13-7-3(9)5(11)8(14-2)6(12)4(7)10/h3-12H,1-2H3/t3-,4-,5-,6+,7?,8?/m0/s1. The van der Waals surface area contributed by atoms with E-state index < -0.39 is 36.6 Å². The molecular weight excluding hydrogens is 192 g/mol. The fourth-order valence-electron chi connectivity index (χ4n) is 1.74. The second-order valence-corrected chi connectivity index (χ2v) is 3.36. The average molecular weight is 208 g/mol. The van der Waals surface area contributed by atoms with E-state index in [0.29, 0.717) is 0 Å². The first kappa shape index (κ1) is 11.8. The maximum absolute atomic E-state index is 9.50. The largest absolute Gasteiger partial charge is 0.387 e. The van der Waals surface area contributed by atoms with Gasteiger partial charge in [0, 0.05) is 14.2 Å². The number of hydrogen-bond acceptors (Lipinski definition) is 6. The molecule has 1 fully saturated rings. The molecular formula is C8H16O6. The Bertz CT molecular complexity index is 151. The SMILES string of the molecule is COC1[C@@H](O)[C@H](O)C(OC)[C@H](O)[C@@H]1O. The van der Waals surface area contributed by atoms with Crippen LogP contribution in [0.3, 0.4) is 0 Å². The van der Waals surface area contributed by atoms with Crippen molar-refractivity contribution < 1.29 is 29.9 Å². The normalized spacial score (nSPS) is 49.3. The summed E-state index contributed by atoms with van der Waals surface area (Å²) in [6.45, 7) is 0. The second kappa shape index (κ2) is 4.52. The van der Waals surface area contributed by atoms with Gasteiger partial charge in [-0.2, -0.15) is 0 Å². The highest BCUT2D eigenvalue weighted by molar-refractivity contribution is 4.99. The summed E-state index contributed by atoms with van der Waals surface area (Å²) in [7, 11) is 2.56. The summed E-state index contributed by atoms with van der Waals surface area (Å²) >= 11 is 0. The lowest BCUT2D eigenvalue weighted by Crippen LogP contribution is -2.64. The van der Waals surface area contributed by atoms with Gasteiger partial charge in [-0.25, -0.2) is 0 Å². The maximum atomic E-state index is 9.50. The summed E-state index contributed by atoms with van der Waals surface area (Å²) in [5.74, 6) is 0. The average Bonchev–Trinajstić information content (AvgIpc) is 2.17. The van der Waals surface area contributed by atoms with Gasteiger partial charge in [0.05, 0.1) is 0 Å². The molecule has 2 unspecified atom stereocenters. The molecule has 0 saturated heterocycles. The Kier molecular flexibility index (Phi) is 3.82. The Labute approximate surface area is 81.7 Å². The molecule has 0 aromatic carbocycles. The van der Waals surface area contributed by atoms with Crippen LogP contribution in [0.15, 0.2) is 0 Å². The van der Waals surface area contributed by atoms with Crippen LogP contribution >= 0.6 is 0 Å². The van der Waals surface area contributed by atoms with Gasteiger partial charge in [0.1, 0.15) is 36.6 Å². The Morgan fingerprint density at radius 2 is 0.857 bits per heavy atom. The van der Waals surface area contributed by atoms with Crippen molar-refractivity contribution in [1.29, 1.82) is 0 Å². The van der Waals surface area contributed by atoms with Gasteiger partial charge < -0.3 is 29.9 Å². The summed E-state index contributed by atoms with van der Waals surface area (Å²) in [4.78, 5) is 0. The Morgan fingerprint density at radius 1 is 0.643 bits per heavy atom. The van der Waals surface area contributed by atoms with E-state index in [-0.39, 0.29) is 0 Å². The molecule has 0 radical (unpaired) electrons. The highest BCUT2D eigenvalue weighted by Gasteiger charge is 2.49. The number of rotatable bonds is 2. The summed E-state index contributed by atoms with van der Waals surface area (Å²) in [5, 5.41) is 38.0. The lowest BCUT2D eigenvalue weighted by molar-refractivity contribution is -0.235. The lowest BCUT2D eigenvalue weighted by Gasteiger charge is -2.42. The third-order valence-corrected chi connectivity index (χ3v) is 2.59. The zero-order chi connectivity index (χ0) is 10.9. The molecule has 0 aromatic heterocycles. The molecule has 4 N–H and O–H groups in total. The summed E-state index contributed by atoms with van der Waals surface area (Å²) in [6.07, 6.45) is -7.11. The van der Waals surface area contributed by atoms with Crippen LogP contribution in [-0.2, 0) is 9.47 Å². The van der Waals surface area contributed by atoms with Crippen molar-refractivity contribution in [3.05, 3.63) is 0 Å². The lowest BCUT2D eigenvalue weighted by atomic mass is 9.85. The molecule has 1 aliphatic carbocycles. The molecule has 0 heterocycles. The highest BCUT2D eigenvalue weighted by atomic mass is 16.5. The topological polar surface area (TPSA) is 99.4 Å². The van der Waals surface area contributed by atoms with Gasteiger partial charge in [-0.15, -0.1) is 0 Å². The molecule has 6 atom stereocenters. The summed E-state index contributed by atoms with van der Waals surface area (Å²) in [5.41, 5.74) is 0. The molecule has 0 aliphatic heterocycles. The van der Waals surface area contributed by atoms with Crippen molar-refractivity contribution >= 4 is 0 Å². The quantitative estimate of drug-likeness (QED) is 0.399. The van der Waals surface area contributed by atoms with E-state index in [1.165, 1.54) is 14.2 Å². The fraction of sp³-hybridized carbons (Fsp3) is 1.00. The minimum Gasteiger partial charge on any atom is -0.387 e. The minimum atomic E-state index is -1.27. The van der Waals surface area contributed by atoms with Gasteiger partial charge >= 0.3 is 0 Å². The van der Waals surface area contributed by atoms with Crippen LogP contribution in [0.1, 0.15) is 0 Å². The number of ether oxygens (including phenoxy) is 2. The van der Waals surface area contributed by atoms with Crippen LogP contribution in [0.2, 0.25) is 0 Å². The van der Waals surface area contributed by atoms with Crippen LogP contribution in [0.4, 0.5) is 0 Å². The van der Waals surface area contributed by atoms with Crippen LogP contribution in [0.5, 0.6) is 0 Å². The third kappa shape index (κ3) is 1.77. The minimum absolute atomic E-state index is 1.01. The van der Waals surface area contributed by atoms with Gasteiger partial charge in [0.25, 0.3) is 0 Å². The van der Waals surface area contributed by atoms with Crippen molar-refractivity contribution in [3.8, 4) is 0 Å². The van der Waals surface area contributed by atoms with Crippen molar-refractivity contribution in [1.82, 2.24) is 0 Å². The van der Waals surface area contributed by atoms with Crippen LogP contribution in [0.25, 0.3) is 0 Å². The maximum Gasteiger partial charge on any atom is 0.114 e. The van der Waals surface area contributed by atoms with Crippen molar-refractivity contribution in [3.63, 3.8) is 0 Å². The molecule has 1 saturated carbocycles. The summed E-state index contributed by atoms with van der Waals surface area (Å²) < 4.78 is 9.55. The predicted molar refractivity (Wildman–Crippen MR) is 45.6 cm³/mol. The first-order chi connectivity index (χ1) is 6.54. The Morgan fingerprint density at radius 3 is 1.00 bits per heavy atom. The van der Waals surface area contributed by atoms with E-state index in [0.717, 1.165) is 0 Å². The van der Waals surface area contributed by atoms with Gasteiger partial charge in [0.2, 0.25) is 0 Å².